The molecule has 2 fully saturated rings. The molecule has 0 radical (unpaired) electrons. The summed E-state index contributed by atoms with van der Waals surface area (Å²) in [6.45, 7) is 5.31. The molecule has 6 unspecified atom stereocenters. The molecule has 1 heterocycles. The molecule has 0 aromatic heterocycles. The fourth-order valence-corrected chi connectivity index (χ4v) is 3.34. The summed E-state index contributed by atoms with van der Waals surface area (Å²) in [7, 11) is 0. The minimum absolute atomic E-state index is 0.0904. The van der Waals surface area contributed by atoms with Gasteiger partial charge in [0, 0.05) is 17.9 Å². The SMILES string of the molecule is C/C=C/C1CC(O)C(/C=C/C2CCC(C)CN2)CC1O. The summed E-state index contributed by atoms with van der Waals surface area (Å²) >= 11 is 0. The summed E-state index contributed by atoms with van der Waals surface area (Å²) in [5.74, 6) is 0.962. The maximum atomic E-state index is 10.2. The van der Waals surface area contributed by atoms with Crippen LogP contribution < -0.4 is 5.32 Å². The summed E-state index contributed by atoms with van der Waals surface area (Å²) in [6, 6.07) is 0.434. The predicted octanol–water partition coefficient (Wildman–Crippen LogP) is 2.25. The summed E-state index contributed by atoms with van der Waals surface area (Å²) in [6.07, 6.45) is 11.4. The highest BCUT2D eigenvalue weighted by Crippen LogP contribution is 2.31. The molecule has 1 aliphatic carbocycles. The molecule has 1 saturated heterocycles. The van der Waals surface area contributed by atoms with Crippen LogP contribution in [0.15, 0.2) is 24.3 Å². The number of aliphatic hydroxyl groups excluding tert-OH is 2. The van der Waals surface area contributed by atoms with Crippen molar-refractivity contribution in [2.75, 3.05) is 6.54 Å². The number of allylic oxidation sites excluding steroid dienone is 1. The normalized spacial score (nSPS) is 43.4. The van der Waals surface area contributed by atoms with Gasteiger partial charge < -0.3 is 15.5 Å². The molecular weight excluding hydrogens is 250 g/mol. The van der Waals surface area contributed by atoms with E-state index in [-0.39, 0.29) is 24.0 Å². The Morgan fingerprint density at radius 2 is 1.60 bits per heavy atom. The molecule has 0 aromatic rings. The lowest BCUT2D eigenvalue weighted by molar-refractivity contribution is -0.00222. The quantitative estimate of drug-likeness (QED) is 0.695. The molecule has 3 heteroatoms. The van der Waals surface area contributed by atoms with Crippen LogP contribution in [0.1, 0.15) is 39.5 Å². The van der Waals surface area contributed by atoms with Crippen molar-refractivity contribution in [1.82, 2.24) is 5.32 Å². The standard InChI is InChI=1S/C17H29NO2/c1-3-4-13-9-17(20)14(10-16(13)19)6-8-15-7-5-12(2)11-18-15/h3-4,6,8,12-20H,5,7,9-11H2,1-2H3/b4-3+,8-6+. The van der Waals surface area contributed by atoms with E-state index in [1.807, 2.05) is 19.1 Å². The first-order valence-corrected chi connectivity index (χ1v) is 8.00. The second kappa shape index (κ2) is 7.39. The van der Waals surface area contributed by atoms with E-state index in [1.54, 1.807) is 0 Å². The lowest BCUT2D eigenvalue weighted by Gasteiger charge is -2.34. The Bertz CT molecular complexity index is 345. The summed E-state index contributed by atoms with van der Waals surface area (Å²) < 4.78 is 0. The first kappa shape index (κ1) is 15.7. The van der Waals surface area contributed by atoms with Gasteiger partial charge in [0.25, 0.3) is 0 Å². The zero-order valence-electron chi connectivity index (χ0n) is 12.7. The third kappa shape index (κ3) is 4.18. The van der Waals surface area contributed by atoms with E-state index < -0.39 is 0 Å². The van der Waals surface area contributed by atoms with E-state index in [1.165, 1.54) is 12.8 Å². The van der Waals surface area contributed by atoms with Crippen LogP contribution in [0.3, 0.4) is 0 Å². The third-order valence-electron chi connectivity index (χ3n) is 4.74. The highest BCUT2D eigenvalue weighted by molar-refractivity contribution is 5.05. The fourth-order valence-electron chi connectivity index (χ4n) is 3.34. The van der Waals surface area contributed by atoms with Crippen molar-refractivity contribution in [1.29, 1.82) is 0 Å². The van der Waals surface area contributed by atoms with Gasteiger partial charge in [-0.1, -0.05) is 31.2 Å². The van der Waals surface area contributed by atoms with Gasteiger partial charge >= 0.3 is 0 Å². The maximum absolute atomic E-state index is 10.2. The first-order valence-electron chi connectivity index (χ1n) is 8.00. The molecule has 2 rings (SSSR count). The van der Waals surface area contributed by atoms with Gasteiger partial charge in [-0.05, 0) is 45.1 Å². The molecule has 1 saturated carbocycles. The molecule has 0 spiro atoms. The average molecular weight is 279 g/mol. The van der Waals surface area contributed by atoms with Gasteiger partial charge in [0.15, 0.2) is 0 Å². The van der Waals surface area contributed by atoms with E-state index in [0.29, 0.717) is 18.9 Å². The average Bonchev–Trinajstić information content (AvgIpc) is 2.43. The van der Waals surface area contributed by atoms with Gasteiger partial charge in [-0.2, -0.15) is 0 Å². The van der Waals surface area contributed by atoms with E-state index in [2.05, 4.69) is 24.4 Å². The lowest BCUT2D eigenvalue weighted by Crippen LogP contribution is -2.38. The number of hydrogen-bond donors (Lipinski definition) is 3. The van der Waals surface area contributed by atoms with Gasteiger partial charge in [-0.3, -0.25) is 0 Å². The minimum atomic E-state index is -0.335. The number of aliphatic hydroxyl groups is 2. The van der Waals surface area contributed by atoms with Gasteiger partial charge in [-0.15, -0.1) is 0 Å². The molecule has 114 valence electrons. The van der Waals surface area contributed by atoms with Gasteiger partial charge in [0.05, 0.1) is 12.2 Å². The van der Waals surface area contributed by atoms with Crippen molar-refractivity contribution < 1.29 is 10.2 Å². The Kier molecular flexibility index (Phi) is 5.82. The highest BCUT2D eigenvalue weighted by atomic mass is 16.3. The van der Waals surface area contributed by atoms with Crippen molar-refractivity contribution in [3.63, 3.8) is 0 Å². The molecule has 3 nitrogen and oxygen atoms in total. The molecule has 2 aliphatic rings. The number of rotatable bonds is 3. The van der Waals surface area contributed by atoms with Crippen LogP contribution in [-0.2, 0) is 0 Å². The molecule has 0 amide bonds. The summed E-state index contributed by atoms with van der Waals surface area (Å²) in [4.78, 5) is 0. The smallest absolute Gasteiger partial charge is 0.0610 e. The maximum Gasteiger partial charge on any atom is 0.0610 e. The topological polar surface area (TPSA) is 52.5 Å². The van der Waals surface area contributed by atoms with Gasteiger partial charge in [0.1, 0.15) is 0 Å². The second-order valence-corrected chi connectivity index (χ2v) is 6.54. The summed E-state index contributed by atoms with van der Waals surface area (Å²) in [5, 5.41) is 23.9. The zero-order chi connectivity index (χ0) is 14.5. The number of piperidine rings is 1. The molecule has 20 heavy (non-hydrogen) atoms. The second-order valence-electron chi connectivity index (χ2n) is 6.54. The highest BCUT2D eigenvalue weighted by Gasteiger charge is 2.32. The van der Waals surface area contributed by atoms with Crippen molar-refractivity contribution in [2.24, 2.45) is 17.8 Å². The van der Waals surface area contributed by atoms with Crippen LogP contribution in [0.4, 0.5) is 0 Å². The van der Waals surface area contributed by atoms with E-state index in [4.69, 9.17) is 0 Å². The lowest BCUT2D eigenvalue weighted by atomic mass is 9.77. The monoisotopic (exact) mass is 279 g/mol. The third-order valence-corrected chi connectivity index (χ3v) is 4.74. The Morgan fingerprint density at radius 3 is 2.15 bits per heavy atom. The Morgan fingerprint density at radius 1 is 0.950 bits per heavy atom. The largest absolute Gasteiger partial charge is 0.392 e. The molecule has 6 atom stereocenters. The fraction of sp³-hybridized carbons (Fsp3) is 0.765. The van der Waals surface area contributed by atoms with Gasteiger partial charge in [0.2, 0.25) is 0 Å². The van der Waals surface area contributed by atoms with Crippen molar-refractivity contribution >= 4 is 0 Å². The summed E-state index contributed by atoms with van der Waals surface area (Å²) in [5.41, 5.74) is 0. The van der Waals surface area contributed by atoms with Crippen LogP contribution in [0, 0.1) is 17.8 Å². The molecule has 1 aliphatic heterocycles. The van der Waals surface area contributed by atoms with Crippen molar-refractivity contribution in [3.8, 4) is 0 Å². The van der Waals surface area contributed by atoms with Crippen LogP contribution in [0.2, 0.25) is 0 Å². The Balaban J connectivity index is 1.86. The van der Waals surface area contributed by atoms with Crippen LogP contribution >= 0.6 is 0 Å². The van der Waals surface area contributed by atoms with Gasteiger partial charge in [-0.25, -0.2) is 0 Å². The van der Waals surface area contributed by atoms with E-state index in [0.717, 1.165) is 12.5 Å². The van der Waals surface area contributed by atoms with Crippen LogP contribution in [0.5, 0.6) is 0 Å². The van der Waals surface area contributed by atoms with E-state index >= 15 is 0 Å². The molecule has 0 bridgehead atoms. The predicted molar refractivity (Wildman–Crippen MR) is 82.4 cm³/mol. The number of hydrogen-bond acceptors (Lipinski definition) is 3. The van der Waals surface area contributed by atoms with E-state index in [9.17, 15) is 10.2 Å². The van der Waals surface area contributed by atoms with Crippen LogP contribution in [0.25, 0.3) is 0 Å². The molecular formula is C17H29NO2. The number of nitrogens with one attached hydrogen (secondary N) is 1. The van der Waals surface area contributed by atoms with Crippen molar-refractivity contribution in [3.05, 3.63) is 24.3 Å². The Labute approximate surface area is 122 Å². The Hall–Kier alpha value is -0.640. The molecule has 0 aromatic carbocycles. The van der Waals surface area contributed by atoms with Crippen LogP contribution in [-0.4, -0.2) is 35.0 Å². The first-order chi connectivity index (χ1) is 9.60. The zero-order valence-corrected chi connectivity index (χ0v) is 12.7. The van der Waals surface area contributed by atoms with Crippen molar-refractivity contribution in [2.45, 2.75) is 57.8 Å². The minimum Gasteiger partial charge on any atom is -0.392 e. The molecule has 3 N–H and O–H groups in total.